The smallest absolute Gasteiger partial charge is 0.537 e. The predicted molar refractivity (Wildman–Crippen MR) is 614 cm³/mol. The molecule has 150 heavy (non-hydrogen) atoms. The molecule has 29 rings (SSSR count). The highest BCUT2D eigenvalue weighted by Crippen LogP contribution is 2.51. The van der Waals surface area contributed by atoms with E-state index in [-0.39, 0.29) is 73.7 Å². The van der Waals surface area contributed by atoms with Crippen molar-refractivity contribution in [3.8, 4) is 23.0 Å². The largest absolute Gasteiger partial charge is 0.538 e. The first-order chi connectivity index (χ1) is 73.5. The Kier molecular flexibility index (Phi) is 21.4. The van der Waals surface area contributed by atoms with Crippen molar-refractivity contribution in [3.63, 3.8) is 0 Å². The predicted octanol–water partition coefficient (Wildman–Crippen LogP) is 16.2. The van der Waals surface area contributed by atoms with Crippen LogP contribution in [0.3, 0.4) is 0 Å². The molecule has 0 radical (unpaired) electrons. The molecule has 3 aliphatic carbocycles. The summed E-state index contributed by atoms with van der Waals surface area (Å²) in [6.45, 7) is 4.10. The van der Waals surface area contributed by atoms with Crippen LogP contribution in [0, 0.1) is 0 Å². The second kappa shape index (κ2) is 35.6. The zero-order valence-corrected chi connectivity index (χ0v) is 82.5. The van der Waals surface area contributed by atoms with Gasteiger partial charge in [0.05, 0.1) is 62.7 Å². The summed E-state index contributed by atoms with van der Waals surface area (Å²) in [7, 11) is 7.15. The molecular formula is C124H90B6N10O10. The molecule has 0 amide bonds. The van der Waals surface area contributed by atoms with Gasteiger partial charge in [-0.2, -0.15) is 0 Å². The minimum Gasteiger partial charge on any atom is -0.537 e. The van der Waals surface area contributed by atoms with Gasteiger partial charge in [0.15, 0.2) is 0 Å². The van der Waals surface area contributed by atoms with Gasteiger partial charge in [0.1, 0.15) is 40.3 Å². The van der Waals surface area contributed by atoms with Gasteiger partial charge in [0.2, 0.25) is 17.3 Å². The number of ether oxygens (including phenoxy) is 2. The maximum atomic E-state index is 14.6. The molecule has 0 atom stereocenters. The van der Waals surface area contributed by atoms with Gasteiger partial charge in [0.25, 0.3) is 0 Å². The third kappa shape index (κ3) is 14.2. The Morgan fingerprint density at radius 3 is 1.14 bits per heavy atom. The lowest BCUT2D eigenvalue weighted by Gasteiger charge is -2.37. The number of fused-ring (bicyclic) bond motifs is 2. The SMILES string of the molecule is CCOc1ccc(B2N=c3c(=C4C(=O)C(c5ccc6cccc7c6c5NB(c5ccc(OCC)cc5)O7)=C4O)ccc4cccc(c34)O2)cc1.CN1B(c2cccc3ccccc23)Nc2c(C3=C(O)C(=c4ccc5cccc6c5c4=NB(c4cccc5ccccc45)N6C)C3=O)ccc3cccc1c23.CN1B(c2ccccc2)Nc2c(C3=C(O)C(=c4ccc5cccc6c5c4=NB(c4ccccc4)N6C)C3=O)ccc3cccc1c23. The Morgan fingerprint density at radius 1 is 0.287 bits per heavy atom. The highest BCUT2D eigenvalue weighted by Gasteiger charge is 2.46. The number of hydrogen-bond acceptors (Lipinski definition) is 20. The monoisotopic (exact) mass is 1940 g/mol. The number of anilines is 7. The summed E-state index contributed by atoms with van der Waals surface area (Å²) in [5.41, 5.74) is 16.5. The van der Waals surface area contributed by atoms with Crippen LogP contribution in [-0.2, 0) is 14.4 Å². The number of hydrogen-bond donors (Lipinski definition) is 6. The van der Waals surface area contributed by atoms with Crippen LogP contribution in [0.15, 0.2) is 408 Å². The number of rotatable bonds is 13. The van der Waals surface area contributed by atoms with Crippen LogP contribution >= 0.6 is 0 Å². The molecule has 26 heteroatoms. The molecular weight excluding hydrogens is 1850 g/mol. The number of aliphatic hydroxyl groups is 3. The standard InChI is InChI=1S/C46H32B2N4O2.C40H30B2N2O6.C38H28B2N4O2/c1-51-37-21-9-15-29-23-25-33(43(39(29)37)49-47(51)35-19-7-13-27-11-3-5-17-31(27)35)41-45(53)42(46(41)54)34-26-24-30-16-10-22-38-40(30)44(34)50-48(52(38)2)36-20-8-14-28-12-4-6-18-32(28)36;1-3-47-27-17-13-25(14-18-27)41-43-37-29(21-11-23-7-5-9-31(49-41)33(23)37)35-39(45)36(40(35)46)30-22-12-24-8-6-10-32-34(24)38(30)44-42(50-32)26-15-19-28(20-16-26)48-4-2;1-43-29-17-9-11-23-19-21-27(35(31(23)29)41-39(43)25-13-5-3-6-14-25)33-37(45)34(38(33)46)28-22-20-24-12-10-18-30-32(24)36(28)42-40(44(30)2)26-15-7-4-8-16-26/h3-26,49,53H,1-2H3;5-22,43,45H,3-4H2,1-2H3;3-22,41,45H,1-2H3. The molecule has 0 unspecified atom stereocenters. The molecule has 20 nitrogen and oxygen atoms in total. The number of nitrogens with zero attached hydrogens (tertiary/aromatic N) is 7. The van der Waals surface area contributed by atoms with E-state index >= 15 is 0 Å². The molecule has 0 saturated heterocycles. The third-order valence-corrected chi connectivity index (χ3v) is 30.9. The zero-order chi connectivity index (χ0) is 101. The van der Waals surface area contributed by atoms with Gasteiger partial charge in [-0.3, -0.25) is 19.3 Å². The molecule has 0 spiro atoms. The van der Waals surface area contributed by atoms with Gasteiger partial charge >= 0.3 is 42.0 Å². The highest BCUT2D eigenvalue weighted by atomic mass is 16.5. The Morgan fingerprint density at radius 2 is 0.647 bits per heavy atom. The van der Waals surface area contributed by atoms with Crippen molar-refractivity contribution in [2.75, 3.05) is 76.3 Å². The maximum Gasteiger partial charge on any atom is 0.538 e. The van der Waals surface area contributed by atoms with Crippen molar-refractivity contribution < 1.29 is 48.5 Å². The first kappa shape index (κ1) is 90.1. The van der Waals surface area contributed by atoms with Crippen LogP contribution in [0.2, 0.25) is 0 Å². The summed E-state index contributed by atoms with van der Waals surface area (Å²) in [6.07, 6.45) is 0. The van der Waals surface area contributed by atoms with Crippen molar-refractivity contribution >= 4 is 252 Å². The van der Waals surface area contributed by atoms with Crippen LogP contribution in [0.1, 0.15) is 30.5 Å². The number of carbonyl (C=O) groups is 3. The van der Waals surface area contributed by atoms with Crippen molar-refractivity contribution in [1.82, 2.24) is 0 Å². The van der Waals surface area contributed by atoms with Gasteiger partial charge in [-0.1, -0.05) is 315 Å². The molecule has 6 N–H and O–H groups in total. The van der Waals surface area contributed by atoms with Crippen molar-refractivity contribution in [2.45, 2.75) is 13.8 Å². The first-order valence-electron chi connectivity index (χ1n) is 50.6. The fourth-order valence-corrected chi connectivity index (χ4v) is 23.7. The van der Waals surface area contributed by atoms with E-state index in [1.807, 2.05) is 208 Å². The quantitative estimate of drug-likeness (QED) is 0.0589. The van der Waals surface area contributed by atoms with Gasteiger partial charge < -0.3 is 78.8 Å². The normalized spacial score (nSPS) is 16.0. The van der Waals surface area contributed by atoms with E-state index in [2.05, 4.69) is 245 Å². The third-order valence-electron chi connectivity index (χ3n) is 30.9. The number of Topliss-reactive ketones (excluding diaryl/α,β-unsaturated/α-hetero) is 3. The Balaban J connectivity index is 0.000000111. The molecule has 6 heterocycles. The summed E-state index contributed by atoms with van der Waals surface area (Å²) in [6, 6.07) is 126. The average Bonchev–Trinajstić information content (AvgIpc) is 0.712. The van der Waals surface area contributed by atoms with Crippen molar-refractivity contribution in [1.29, 1.82) is 0 Å². The molecule has 6 aliphatic heterocycles. The molecule has 0 fully saturated rings. The molecule has 714 valence electrons. The lowest BCUT2D eigenvalue weighted by Crippen LogP contribution is -2.55. The minimum absolute atomic E-state index is 0.000518. The van der Waals surface area contributed by atoms with E-state index in [9.17, 15) is 29.7 Å². The maximum absolute atomic E-state index is 14.6. The molecule has 0 aromatic heterocycles. The number of nitrogens with one attached hydrogen (secondary N) is 3. The first-order valence-corrected chi connectivity index (χ1v) is 50.6. The highest BCUT2D eigenvalue weighted by molar-refractivity contribution is 6.83. The Labute approximate surface area is 864 Å². The fraction of sp³-hybridized carbons (Fsp3) is 0.0645. The molecule has 0 saturated carbocycles. The number of carbonyl (C=O) groups excluding carboxylic acids is 3. The lowest BCUT2D eigenvalue weighted by atomic mass is 9.62. The van der Waals surface area contributed by atoms with E-state index in [0.717, 1.165) is 181 Å². The van der Waals surface area contributed by atoms with E-state index in [4.69, 9.17) is 33.5 Å². The van der Waals surface area contributed by atoms with Crippen LogP contribution in [-0.4, -0.2) is 116 Å². The van der Waals surface area contributed by atoms with Crippen LogP contribution in [0.4, 0.5) is 39.8 Å². The average molecular weight is 1950 g/mol. The summed E-state index contributed by atoms with van der Waals surface area (Å²) < 4.78 is 24.0. The van der Waals surface area contributed by atoms with Crippen LogP contribution in [0.5, 0.6) is 23.0 Å². The number of benzene rings is 20. The lowest BCUT2D eigenvalue weighted by molar-refractivity contribution is -0.110. The van der Waals surface area contributed by atoms with Crippen molar-refractivity contribution in [3.05, 3.63) is 442 Å². The second-order valence-electron chi connectivity index (χ2n) is 39.1. The van der Waals surface area contributed by atoms with Crippen LogP contribution in [0.25, 0.3) is 120 Å². The van der Waals surface area contributed by atoms with Gasteiger partial charge in [0, 0.05) is 104 Å². The molecule has 0 bridgehead atoms. The Bertz CT molecular complexity index is 9870. The second-order valence-corrected chi connectivity index (χ2v) is 39.1. The number of aliphatic hydroxyl groups excluding tert-OH is 3. The van der Waals surface area contributed by atoms with Crippen molar-refractivity contribution in [2.24, 2.45) is 14.7 Å². The summed E-state index contributed by atoms with van der Waals surface area (Å²) in [5.74, 6) is 2.22. The number of allylic oxidation sites excluding steroid dienone is 6. The van der Waals surface area contributed by atoms with E-state index in [1.165, 1.54) is 0 Å². The summed E-state index contributed by atoms with van der Waals surface area (Å²) in [5, 5.41) is 67.1. The Hall–Kier alpha value is -18.7. The van der Waals surface area contributed by atoms with Gasteiger partial charge in [-0.15, -0.1) is 0 Å². The van der Waals surface area contributed by atoms with E-state index in [0.29, 0.717) is 84.7 Å². The van der Waals surface area contributed by atoms with E-state index in [1.54, 1.807) is 0 Å². The molecule has 9 aliphatic rings. The van der Waals surface area contributed by atoms with E-state index < -0.39 is 14.1 Å². The number of ketones is 3. The molecule has 20 aromatic rings. The topological polar surface area (TPSA) is 235 Å². The van der Waals surface area contributed by atoms with Gasteiger partial charge in [-0.05, 0) is 189 Å². The summed E-state index contributed by atoms with van der Waals surface area (Å²) in [4.78, 5) is 67.7. The van der Waals surface area contributed by atoms with Crippen LogP contribution < -0.4 is 118 Å². The fourth-order valence-electron chi connectivity index (χ4n) is 23.7. The van der Waals surface area contributed by atoms with Gasteiger partial charge in [-0.25, -0.2) is 0 Å². The molecule has 20 aromatic carbocycles. The summed E-state index contributed by atoms with van der Waals surface area (Å²) >= 11 is 0. The minimum atomic E-state index is -0.640. The zero-order valence-electron chi connectivity index (χ0n) is 82.5.